The fourth-order valence-corrected chi connectivity index (χ4v) is 1.23. The predicted octanol–water partition coefficient (Wildman–Crippen LogP) is 1.52. The lowest BCUT2D eigenvalue weighted by atomic mass is 10.0. The first-order valence-electron chi connectivity index (χ1n) is 5.22. The molecule has 0 unspecified atom stereocenters. The predicted molar refractivity (Wildman–Crippen MR) is 64.5 cm³/mol. The zero-order valence-corrected chi connectivity index (χ0v) is 9.71. The number of nitrogens with one attached hydrogen (secondary N) is 1. The van der Waals surface area contributed by atoms with Gasteiger partial charge < -0.3 is 11.1 Å². The molecule has 0 aromatic heterocycles. The molecule has 0 spiro atoms. The molecule has 0 heterocycles. The highest BCUT2D eigenvalue weighted by atomic mass is 16.6. The smallest absolute Gasteiger partial charge is 0.271 e. The van der Waals surface area contributed by atoms with Crippen molar-refractivity contribution in [3.05, 3.63) is 34.4 Å². The number of nitro groups is 1. The van der Waals surface area contributed by atoms with Gasteiger partial charge in [0.15, 0.2) is 0 Å². The number of amides is 1. The van der Waals surface area contributed by atoms with Crippen LogP contribution in [0.5, 0.6) is 0 Å². The Morgan fingerprint density at radius 3 is 2.65 bits per heavy atom. The summed E-state index contributed by atoms with van der Waals surface area (Å²) in [5.41, 5.74) is 5.97. The monoisotopic (exact) mass is 237 g/mol. The summed E-state index contributed by atoms with van der Waals surface area (Å²) in [4.78, 5) is 21.7. The van der Waals surface area contributed by atoms with Gasteiger partial charge in [0.1, 0.15) is 0 Å². The number of rotatable bonds is 4. The van der Waals surface area contributed by atoms with E-state index in [1.807, 2.05) is 13.8 Å². The van der Waals surface area contributed by atoms with Gasteiger partial charge in [0.2, 0.25) is 5.91 Å². The molecular weight excluding hydrogens is 222 g/mol. The second kappa shape index (κ2) is 5.40. The third-order valence-electron chi connectivity index (χ3n) is 2.35. The summed E-state index contributed by atoms with van der Waals surface area (Å²) in [5.74, 6) is -0.339. The van der Waals surface area contributed by atoms with Crippen molar-refractivity contribution in [3.8, 4) is 0 Å². The number of anilines is 1. The van der Waals surface area contributed by atoms with E-state index >= 15 is 0 Å². The van der Waals surface area contributed by atoms with Crippen LogP contribution in [0.15, 0.2) is 24.3 Å². The maximum absolute atomic E-state index is 11.6. The highest BCUT2D eigenvalue weighted by molar-refractivity contribution is 5.95. The minimum absolute atomic E-state index is 0.00805. The maximum Gasteiger partial charge on any atom is 0.271 e. The van der Waals surface area contributed by atoms with Crippen molar-refractivity contribution >= 4 is 17.3 Å². The van der Waals surface area contributed by atoms with Gasteiger partial charge in [-0.15, -0.1) is 0 Å². The second-order valence-electron chi connectivity index (χ2n) is 4.07. The first kappa shape index (κ1) is 13.1. The standard InChI is InChI=1S/C11H15N3O3/c1-7(2)10(12)11(15)13-8-4-3-5-9(6-8)14(16)17/h3-7,10H,12H2,1-2H3,(H,13,15)/t10-/m0/s1. The van der Waals surface area contributed by atoms with Crippen LogP contribution in [0, 0.1) is 16.0 Å². The average Bonchev–Trinajstić information content (AvgIpc) is 2.28. The molecule has 1 atom stereocenters. The lowest BCUT2D eigenvalue weighted by molar-refractivity contribution is -0.384. The third kappa shape index (κ3) is 3.53. The normalized spacial score (nSPS) is 12.2. The van der Waals surface area contributed by atoms with Crippen molar-refractivity contribution in [3.63, 3.8) is 0 Å². The Morgan fingerprint density at radius 2 is 2.12 bits per heavy atom. The van der Waals surface area contributed by atoms with E-state index in [1.165, 1.54) is 18.2 Å². The van der Waals surface area contributed by atoms with E-state index in [1.54, 1.807) is 6.07 Å². The summed E-state index contributed by atoms with van der Waals surface area (Å²) in [6, 6.07) is 5.12. The van der Waals surface area contributed by atoms with E-state index in [9.17, 15) is 14.9 Å². The van der Waals surface area contributed by atoms with Gasteiger partial charge in [-0.05, 0) is 12.0 Å². The quantitative estimate of drug-likeness (QED) is 0.612. The minimum Gasteiger partial charge on any atom is -0.324 e. The summed E-state index contributed by atoms with van der Waals surface area (Å²) in [6.07, 6.45) is 0. The molecule has 0 aliphatic heterocycles. The summed E-state index contributed by atoms with van der Waals surface area (Å²) in [5, 5.41) is 13.1. The van der Waals surface area contributed by atoms with Gasteiger partial charge in [0, 0.05) is 17.8 Å². The van der Waals surface area contributed by atoms with Gasteiger partial charge in [-0.3, -0.25) is 14.9 Å². The van der Waals surface area contributed by atoms with E-state index in [0.29, 0.717) is 5.69 Å². The van der Waals surface area contributed by atoms with Crippen molar-refractivity contribution in [2.45, 2.75) is 19.9 Å². The number of hydrogen-bond acceptors (Lipinski definition) is 4. The van der Waals surface area contributed by atoms with Crippen molar-refractivity contribution in [2.24, 2.45) is 11.7 Å². The number of nitrogens with zero attached hydrogens (tertiary/aromatic N) is 1. The molecule has 6 nitrogen and oxygen atoms in total. The van der Waals surface area contributed by atoms with Gasteiger partial charge in [0.25, 0.3) is 5.69 Å². The molecule has 17 heavy (non-hydrogen) atoms. The number of non-ortho nitro benzene ring substituents is 1. The highest BCUT2D eigenvalue weighted by Crippen LogP contribution is 2.17. The van der Waals surface area contributed by atoms with Gasteiger partial charge in [-0.25, -0.2) is 0 Å². The van der Waals surface area contributed by atoms with Crippen molar-refractivity contribution in [2.75, 3.05) is 5.32 Å². The third-order valence-corrected chi connectivity index (χ3v) is 2.35. The Morgan fingerprint density at radius 1 is 1.47 bits per heavy atom. The molecule has 0 saturated carbocycles. The number of hydrogen-bond donors (Lipinski definition) is 2. The van der Waals surface area contributed by atoms with Crippen LogP contribution in [-0.2, 0) is 4.79 Å². The number of carbonyl (C=O) groups excluding carboxylic acids is 1. The lowest BCUT2D eigenvalue weighted by Crippen LogP contribution is -2.39. The van der Waals surface area contributed by atoms with Crippen molar-refractivity contribution in [1.29, 1.82) is 0 Å². The zero-order chi connectivity index (χ0) is 13.0. The number of nitro benzene ring substituents is 1. The molecule has 1 amide bonds. The molecule has 92 valence electrons. The van der Waals surface area contributed by atoms with Crippen molar-refractivity contribution < 1.29 is 9.72 Å². The Hall–Kier alpha value is -1.95. The number of benzene rings is 1. The summed E-state index contributed by atoms with van der Waals surface area (Å²) in [6.45, 7) is 3.66. The van der Waals surface area contributed by atoms with Crippen LogP contribution in [0.25, 0.3) is 0 Å². The van der Waals surface area contributed by atoms with E-state index in [0.717, 1.165) is 0 Å². The Kier molecular flexibility index (Phi) is 4.17. The summed E-state index contributed by atoms with van der Waals surface area (Å²) in [7, 11) is 0. The van der Waals surface area contributed by atoms with Gasteiger partial charge in [0.05, 0.1) is 11.0 Å². The molecule has 0 bridgehead atoms. The van der Waals surface area contributed by atoms with Gasteiger partial charge in [-0.2, -0.15) is 0 Å². The topological polar surface area (TPSA) is 98.3 Å². The van der Waals surface area contributed by atoms with E-state index in [2.05, 4.69) is 5.32 Å². The van der Waals surface area contributed by atoms with Crippen molar-refractivity contribution in [1.82, 2.24) is 0 Å². The largest absolute Gasteiger partial charge is 0.324 e. The molecule has 0 aliphatic rings. The molecule has 0 fully saturated rings. The average molecular weight is 237 g/mol. The number of carbonyl (C=O) groups is 1. The summed E-state index contributed by atoms with van der Waals surface area (Å²) >= 11 is 0. The Balaban J connectivity index is 2.78. The lowest BCUT2D eigenvalue weighted by Gasteiger charge is -2.15. The molecule has 1 rings (SSSR count). The molecule has 0 aliphatic carbocycles. The van der Waals surface area contributed by atoms with Gasteiger partial charge >= 0.3 is 0 Å². The molecule has 1 aromatic carbocycles. The SMILES string of the molecule is CC(C)[C@H](N)C(=O)Nc1cccc([N+](=O)[O-])c1. The Bertz CT molecular complexity index is 432. The van der Waals surface area contributed by atoms with Crippen LogP contribution in [-0.4, -0.2) is 16.9 Å². The fourth-order valence-electron chi connectivity index (χ4n) is 1.23. The van der Waals surface area contributed by atoms with E-state index in [-0.39, 0.29) is 17.5 Å². The van der Waals surface area contributed by atoms with Crippen LogP contribution in [0.1, 0.15) is 13.8 Å². The first-order valence-corrected chi connectivity index (χ1v) is 5.22. The van der Waals surface area contributed by atoms with Crippen LogP contribution in [0.2, 0.25) is 0 Å². The van der Waals surface area contributed by atoms with E-state index in [4.69, 9.17) is 5.73 Å². The highest BCUT2D eigenvalue weighted by Gasteiger charge is 2.17. The first-order chi connectivity index (χ1) is 7.91. The van der Waals surface area contributed by atoms with Crippen LogP contribution in [0.4, 0.5) is 11.4 Å². The molecular formula is C11H15N3O3. The molecule has 0 saturated heterocycles. The van der Waals surface area contributed by atoms with Crippen LogP contribution >= 0.6 is 0 Å². The molecule has 0 radical (unpaired) electrons. The minimum atomic E-state index is -0.630. The molecule has 1 aromatic rings. The van der Waals surface area contributed by atoms with E-state index < -0.39 is 11.0 Å². The van der Waals surface area contributed by atoms with Gasteiger partial charge in [-0.1, -0.05) is 19.9 Å². The Labute approximate surface area is 99.0 Å². The molecule has 3 N–H and O–H groups in total. The maximum atomic E-state index is 11.6. The zero-order valence-electron chi connectivity index (χ0n) is 9.71. The van der Waals surface area contributed by atoms with Crippen LogP contribution in [0.3, 0.4) is 0 Å². The summed E-state index contributed by atoms with van der Waals surface area (Å²) < 4.78 is 0. The second-order valence-corrected chi connectivity index (χ2v) is 4.07. The van der Waals surface area contributed by atoms with Crippen LogP contribution < -0.4 is 11.1 Å². The molecule has 6 heteroatoms. The fraction of sp³-hybridized carbons (Fsp3) is 0.364. The number of nitrogens with two attached hydrogens (primary N) is 1.